The van der Waals surface area contributed by atoms with Crippen LogP contribution in [-0.2, 0) is 5.41 Å². The van der Waals surface area contributed by atoms with E-state index in [4.69, 9.17) is 0 Å². The molecule has 3 nitrogen and oxygen atoms in total. The molecule has 3 unspecified atom stereocenters. The first-order valence-corrected chi connectivity index (χ1v) is 10.4. The van der Waals surface area contributed by atoms with Crippen LogP contribution < -0.4 is 5.32 Å². The van der Waals surface area contributed by atoms with E-state index in [2.05, 4.69) is 62.4 Å². The zero-order chi connectivity index (χ0) is 16.6. The van der Waals surface area contributed by atoms with Gasteiger partial charge in [-0.05, 0) is 69.4 Å². The Labute approximate surface area is 154 Å². The summed E-state index contributed by atoms with van der Waals surface area (Å²) in [5.74, 6) is 0.871. The standard InChI is InChI=1S/C20H30BrN3/c1-23-10-12-24(13-11-23)9-3-8-22-19-6-7-20(15-18(19)20)16-4-2-5-17(21)14-16/h2,4-5,14,18-19,22H,3,6-13,15H2,1H3. The molecule has 1 N–H and O–H groups in total. The highest BCUT2D eigenvalue weighted by molar-refractivity contribution is 9.10. The van der Waals surface area contributed by atoms with Crippen LogP contribution in [-0.4, -0.2) is 62.2 Å². The Bertz CT molecular complexity index is 570. The summed E-state index contributed by atoms with van der Waals surface area (Å²) in [6.45, 7) is 7.39. The van der Waals surface area contributed by atoms with Crippen LogP contribution in [0.4, 0.5) is 0 Å². The van der Waals surface area contributed by atoms with Gasteiger partial charge in [0.15, 0.2) is 0 Å². The number of hydrogen-bond acceptors (Lipinski definition) is 3. The molecule has 24 heavy (non-hydrogen) atoms. The molecule has 3 atom stereocenters. The van der Waals surface area contributed by atoms with Gasteiger partial charge in [-0.15, -0.1) is 0 Å². The molecule has 0 radical (unpaired) electrons. The van der Waals surface area contributed by atoms with Crippen LogP contribution in [0.5, 0.6) is 0 Å². The number of piperazine rings is 1. The quantitative estimate of drug-likeness (QED) is 0.751. The summed E-state index contributed by atoms with van der Waals surface area (Å²) in [5.41, 5.74) is 2.06. The van der Waals surface area contributed by atoms with Gasteiger partial charge in [-0.2, -0.15) is 0 Å². The minimum atomic E-state index is 0.499. The number of nitrogens with zero attached hydrogens (tertiary/aromatic N) is 2. The van der Waals surface area contributed by atoms with Crippen molar-refractivity contribution in [3.05, 3.63) is 34.3 Å². The van der Waals surface area contributed by atoms with Crippen molar-refractivity contribution in [3.8, 4) is 0 Å². The smallest absolute Gasteiger partial charge is 0.0178 e. The van der Waals surface area contributed by atoms with Gasteiger partial charge >= 0.3 is 0 Å². The van der Waals surface area contributed by atoms with Gasteiger partial charge in [-0.3, -0.25) is 0 Å². The molecule has 0 amide bonds. The Balaban J connectivity index is 1.21. The van der Waals surface area contributed by atoms with Gasteiger partial charge in [0, 0.05) is 42.1 Å². The second kappa shape index (κ2) is 7.06. The lowest BCUT2D eigenvalue weighted by molar-refractivity contribution is 0.152. The second-order valence-electron chi connectivity index (χ2n) is 8.07. The molecular weight excluding hydrogens is 362 g/mol. The Morgan fingerprint density at radius 1 is 1.25 bits per heavy atom. The summed E-state index contributed by atoms with van der Waals surface area (Å²) in [7, 11) is 2.23. The van der Waals surface area contributed by atoms with Gasteiger partial charge in [-0.25, -0.2) is 0 Å². The van der Waals surface area contributed by atoms with Crippen molar-refractivity contribution >= 4 is 15.9 Å². The van der Waals surface area contributed by atoms with Crippen LogP contribution >= 0.6 is 15.9 Å². The van der Waals surface area contributed by atoms with E-state index in [1.54, 1.807) is 5.56 Å². The second-order valence-corrected chi connectivity index (χ2v) is 8.99. The third-order valence-corrected chi connectivity index (χ3v) is 7.07. The Morgan fingerprint density at radius 3 is 2.83 bits per heavy atom. The highest BCUT2D eigenvalue weighted by Gasteiger charge is 2.62. The fourth-order valence-corrected chi connectivity index (χ4v) is 5.34. The maximum absolute atomic E-state index is 3.88. The Hall–Kier alpha value is -0.420. The van der Waals surface area contributed by atoms with Gasteiger partial charge < -0.3 is 15.1 Å². The van der Waals surface area contributed by atoms with Crippen LogP contribution in [0.3, 0.4) is 0 Å². The maximum atomic E-state index is 3.88. The van der Waals surface area contributed by atoms with Crippen molar-refractivity contribution in [2.24, 2.45) is 5.92 Å². The molecule has 4 heteroatoms. The monoisotopic (exact) mass is 391 g/mol. The number of hydrogen-bond donors (Lipinski definition) is 1. The highest BCUT2D eigenvalue weighted by Crippen LogP contribution is 2.64. The SMILES string of the molecule is CN1CCN(CCCNC2CCC3(c4cccc(Br)c4)CC23)CC1. The predicted octanol–water partition coefficient (Wildman–Crippen LogP) is 3.10. The molecule has 132 valence electrons. The lowest BCUT2D eigenvalue weighted by Gasteiger charge is -2.32. The van der Waals surface area contributed by atoms with Crippen LogP contribution in [0.15, 0.2) is 28.7 Å². The van der Waals surface area contributed by atoms with Crippen LogP contribution in [0.1, 0.15) is 31.2 Å². The summed E-state index contributed by atoms with van der Waals surface area (Å²) in [6.07, 6.45) is 5.40. The lowest BCUT2D eigenvalue weighted by Crippen LogP contribution is -2.45. The molecule has 3 fully saturated rings. The molecule has 1 heterocycles. The molecule has 3 aliphatic rings. The Morgan fingerprint density at radius 2 is 2.08 bits per heavy atom. The first-order valence-electron chi connectivity index (χ1n) is 9.58. The van der Waals surface area contributed by atoms with Crippen molar-refractivity contribution in [2.75, 3.05) is 46.3 Å². The number of fused-ring (bicyclic) bond motifs is 1. The van der Waals surface area contributed by atoms with Gasteiger partial charge in [0.25, 0.3) is 0 Å². The van der Waals surface area contributed by atoms with E-state index in [1.165, 1.54) is 69.4 Å². The zero-order valence-corrected chi connectivity index (χ0v) is 16.4. The minimum Gasteiger partial charge on any atom is -0.314 e. The van der Waals surface area contributed by atoms with Crippen LogP contribution in [0.25, 0.3) is 0 Å². The summed E-state index contributed by atoms with van der Waals surface area (Å²) in [6, 6.07) is 9.76. The summed E-state index contributed by atoms with van der Waals surface area (Å²) < 4.78 is 1.23. The molecule has 0 aromatic heterocycles. The van der Waals surface area contributed by atoms with Gasteiger partial charge in [-0.1, -0.05) is 28.1 Å². The molecule has 1 aromatic rings. The van der Waals surface area contributed by atoms with Crippen molar-refractivity contribution in [1.29, 1.82) is 0 Å². The largest absolute Gasteiger partial charge is 0.314 e. The molecule has 1 saturated heterocycles. The van der Waals surface area contributed by atoms with Crippen molar-refractivity contribution < 1.29 is 0 Å². The fourth-order valence-electron chi connectivity index (χ4n) is 4.94. The molecule has 1 aromatic carbocycles. The average Bonchev–Trinajstić information content (AvgIpc) is 3.22. The minimum absolute atomic E-state index is 0.499. The van der Waals surface area contributed by atoms with Crippen LogP contribution in [0, 0.1) is 5.92 Å². The molecular formula is C20H30BrN3. The number of rotatable bonds is 6. The average molecular weight is 392 g/mol. The lowest BCUT2D eigenvalue weighted by atomic mass is 9.93. The van der Waals surface area contributed by atoms with Crippen LogP contribution in [0.2, 0.25) is 0 Å². The number of halogens is 1. The van der Waals surface area contributed by atoms with Gasteiger partial charge in [0.1, 0.15) is 0 Å². The van der Waals surface area contributed by atoms with E-state index in [-0.39, 0.29) is 0 Å². The summed E-state index contributed by atoms with van der Waals surface area (Å²) in [5, 5.41) is 3.88. The highest BCUT2D eigenvalue weighted by atomic mass is 79.9. The number of nitrogens with one attached hydrogen (secondary N) is 1. The number of likely N-dealkylation sites (N-methyl/N-ethyl adjacent to an activating group) is 1. The van der Waals surface area contributed by atoms with Crippen molar-refractivity contribution in [1.82, 2.24) is 15.1 Å². The Kier molecular flexibility index (Phi) is 5.01. The normalized spacial score (nSPS) is 33.6. The third kappa shape index (κ3) is 3.44. The molecule has 2 aliphatic carbocycles. The molecule has 4 rings (SSSR count). The van der Waals surface area contributed by atoms with E-state index < -0.39 is 0 Å². The topological polar surface area (TPSA) is 18.5 Å². The van der Waals surface area contributed by atoms with E-state index in [0.717, 1.165) is 12.0 Å². The molecule has 0 bridgehead atoms. The predicted molar refractivity (Wildman–Crippen MR) is 104 cm³/mol. The maximum Gasteiger partial charge on any atom is 0.0178 e. The fraction of sp³-hybridized carbons (Fsp3) is 0.700. The molecule has 2 saturated carbocycles. The van der Waals surface area contributed by atoms with Crippen molar-refractivity contribution in [3.63, 3.8) is 0 Å². The third-order valence-electron chi connectivity index (χ3n) is 6.57. The van der Waals surface area contributed by atoms with Crippen molar-refractivity contribution in [2.45, 2.75) is 37.1 Å². The van der Waals surface area contributed by atoms with E-state index in [1.807, 2.05) is 0 Å². The first kappa shape index (κ1) is 17.0. The summed E-state index contributed by atoms with van der Waals surface area (Å²) in [4.78, 5) is 5.06. The van der Waals surface area contributed by atoms with Gasteiger partial charge in [0.05, 0.1) is 0 Å². The number of benzene rings is 1. The van der Waals surface area contributed by atoms with E-state index in [9.17, 15) is 0 Å². The van der Waals surface area contributed by atoms with E-state index >= 15 is 0 Å². The summed E-state index contributed by atoms with van der Waals surface area (Å²) >= 11 is 3.64. The zero-order valence-electron chi connectivity index (χ0n) is 14.8. The van der Waals surface area contributed by atoms with E-state index in [0.29, 0.717) is 5.41 Å². The molecule has 0 spiro atoms. The van der Waals surface area contributed by atoms with Gasteiger partial charge in [0.2, 0.25) is 0 Å². The molecule has 1 aliphatic heterocycles. The first-order chi connectivity index (χ1) is 11.7.